The fourth-order valence-corrected chi connectivity index (χ4v) is 3.03. The zero-order valence-corrected chi connectivity index (χ0v) is 13.7. The molecule has 0 amide bonds. The molecule has 0 spiro atoms. The van der Waals surface area contributed by atoms with E-state index < -0.39 is 5.60 Å². The van der Waals surface area contributed by atoms with Gasteiger partial charge in [-0.1, -0.05) is 25.3 Å². The van der Waals surface area contributed by atoms with Gasteiger partial charge in [0.2, 0.25) is 0 Å². The molecule has 1 aliphatic carbocycles. The maximum absolute atomic E-state index is 11.0. The van der Waals surface area contributed by atoms with Gasteiger partial charge in [0.15, 0.2) is 6.79 Å². The smallest absolute Gasteiger partial charge is 0.189 e. The van der Waals surface area contributed by atoms with Crippen molar-refractivity contribution in [3.63, 3.8) is 0 Å². The van der Waals surface area contributed by atoms with Gasteiger partial charge in [0, 0.05) is 7.11 Å². The van der Waals surface area contributed by atoms with E-state index in [1.165, 1.54) is 0 Å². The molecule has 23 heavy (non-hydrogen) atoms. The summed E-state index contributed by atoms with van der Waals surface area (Å²) in [4.78, 5) is 0. The van der Waals surface area contributed by atoms with Gasteiger partial charge < -0.3 is 19.3 Å². The van der Waals surface area contributed by atoms with Crippen LogP contribution < -0.4 is 4.74 Å². The van der Waals surface area contributed by atoms with Crippen LogP contribution in [0.25, 0.3) is 0 Å². The van der Waals surface area contributed by atoms with E-state index >= 15 is 0 Å². The van der Waals surface area contributed by atoms with E-state index in [2.05, 4.69) is 6.07 Å². The van der Waals surface area contributed by atoms with Gasteiger partial charge in [-0.3, -0.25) is 0 Å². The molecule has 0 heterocycles. The second kappa shape index (κ2) is 8.88. The maximum Gasteiger partial charge on any atom is 0.189 e. The number of hydrogen-bond donors (Lipinski definition) is 1. The molecule has 1 N–H and O–H groups in total. The number of nitrogens with zero attached hydrogens (tertiary/aromatic N) is 1. The molecule has 5 nitrogen and oxygen atoms in total. The van der Waals surface area contributed by atoms with Gasteiger partial charge in [0.25, 0.3) is 0 Å². The summed E-state index contributed by atoms with van der Waals surface area (Å²) in [7, 11) is 1.62. The Kier molecular flexibility index (Phi) is 6.85. The summed E-state index contributed by atoms with van der Waals surface area (Å²) >= 11 is 0. The van der Waals surface area contributed by atoms with E-state index in [4.69, 9.17) is 19.5 Å². The molecule has 0 unspecified atom stereocenters. The molecule has 5 heteroatoms. The number of nitriles is 1. The van der Waals surface area contributed by atoms with Crippen LogP contribution in [0.1, 0.15) is 43.2 Å². The van der Waals surface area contributed by atoms with Crippen LogP contribution in [-0.2, 0) is 21.5 Å². The largest absolute Gasteiger partial charge is 0.468 e. The average molecular weight is 319 g/mol. The number of hydrogen-bond acceptors (Lipinski definition) is 5. The molecule has 2 rings (SSSR count). The molecule has 1 aromatic rings. The molecular formula is C18H25NO4. The third-order valence-electron chi connectivity index (χ3n) is 4.27. The van der Waals surface area contributed by atoms with E-state index in [-0.39, 0.29) is 6.79 Å². The predicted molar refractivity (Wildman–Crippen MR) is 86.1 cm³/mol. The highest BCUT2D eigenvalue weighted by atomic mass is 16.7. The van der Waals surface area contributed by atoms with Crippen LogP contribution >= 0.6 is 0 Å². The van der Waals surface area contributed by atoms with Crippen molar-refractivity contribution < 1.29 is 19.3 Å². The van der Waals surface area contributed by atoms with Crippen molar-refractivity contribution in [2.75, 3.05) is 27.1 Å². The number of rotatable bonds is 8. The average Bonchev–Trinajstić information content (AvgIpc) is 2.56. The van der Waals surface area contributed by atoms with Crippen molar-refractivity contribution >= 4 is 0 Å². The monoisotopic (exact) mass is 319 g/mol. The fourth-order valence-electron chi connectivity index (χ4n) is 3.03. The quantitative estimate of drug-likeness (QED) is 0.589. The van der Waals surface area contributed by atoms with Crippen molar-refractivity contribution in [1.29, 1.82) is 5.26 Å². The number of aliphatic hydroxyl groups is 1. The Morgan fingerprint density at radius 1 is 1.22 bits per heavy atom. The summed E-state index contributed by atoms with van der Waals surface area (Å²) in [6.07, 6.45) is 4.93. The van der Waals surface area contributed by atoms with Crippen molar-refractivity contribution in [3.05, 3.63) is 29.3 Å². The molecule has 1 fully saturated rings. The van der Waals surface area contributed by atoms with Gasteiger partial charge in [0.1, 0.15) is 5.75 Å². The molecule has 0 aliphatic heterocycles. The van der Waals surface area contributed by atoms with E-state index in [0.717, 1.165) is 43.2 Å². The van der Waals surface area contributed by atoms with Crippen molar-refractivity contribution in [1.82, 2.24) is 0 Å². The minimum atomic E-state index is -0.847. The predicted octanol–water partition coefficient (Wildman–Crippen LogP) is 2.90. The molecule has 0 radical (unpaired) electrons. The lowest BCUT2D eigenvalue weighted by Gasteiger charge is -2.34. The lowest BCUT2D eigenvalue weighted by Crippen LogP contribution is -2.29. The fraction of sp³-hybridized carbons (Fsp3) is 0.611. The summed E-state index contributed by atoms with van der Waals surface area (Å²) in [6.45, 7) is 1.13. The lowest BCUT2D eigenvalue weighted by atomic mass is 9.77. The van der Waals surface area contributed by atoms with E-state index in [1.54, 1.807) is 7.11 Å². The minimum Gasteiger partial charge on any atom is -0.468 e. The van der Waals surface area contributed by atoms with E-state index in [0.29, 0.717) is 25.4 Å². The third kappa shape index (κ3) is 4.93. The molecule has 1 aliphatic rings. The normalized spacial score (nSPS) is 16.7. The minimum absolute atomic E-state index is 0.138. The molecule has 126 valence electrons. The SMILES string of the molecule is COCCOCOc1ccc(CC#N)c(C2(O)CCCCC2)c1. The Morgan fingerprint density at radius 2 is 2.00 bits per heavy atom. The van der Waals surface area contributed by atoms with Crippen LogP contribution in [0, 0.1) is 11.3 Å². The van der Waals surface area contributed by atoms with Gasteiger partial charge in [-0.2, -0.15) is 5.26 Å². The van der Waals surface area contributed by atoms with Crippen LogP contribution in [0.3, 0.4) is 0 Å². The first-order chi connectivity index (χ1) is 11.2. The third-order valence-corrected chi connectivity index (χ3v) is 4.27. The number of methoxy groups -OCH3 is 1. The van der Waals surface area contributed by atoms with E-state index in [9.17, 15) is 5.11 Å². The highest BCUT2D eigenvalue weighted by molar-refractivity contribution is 5.41. The van der Waals surface area contributed by atoms with Gasteiger partial charge in [-0.15, -0.1) is 0 Å². The van der Waals surface area contributed by atoms with Gasteiger partial charge in [-0.25, -0.2) is 0 Å². The Hall–Kier alpha value is -1.61. The highest BCUT2D eigenvalue weighted by Gasteiger charge is 2.33. The van der Waals surface area contributed by atoms with E-state index in [1.807, 2.05) is 18.2 Å². The van der Waals surface area contributed by atoms with Crippen LogP contribution in [0.4, 0.5) is 0 Å². The van der Waals surface area contributed by atoms with Crippen molar-refractivity contribution in [2.45, 2.75) is 44.1 Å². The second-order valence-corrected chi connectivity index (χ2v) is 5.91. The molecule has 1 saturated carbocycles. The van der Waals surface area contributed by atoms with Crippen molar-refractivity contribution in [3.8, 4) is 11.8 Å². The van der Waals surface area contributed by atoms with Gasteiger partial charge in [0.05, 0.1) is 31.3 Å². The van der Waals surface area contributed by atoms with Crippen LogP contribution in [0.2, 0.25) is 0 Å². The van der Waals surface area contributed by atoms with Gasteiger partial charge in [-0.05, 0) is 36.1 Å². The highest BCUT2D eigenvalue weighted by Crippen LogP contribution is 2.40. The van der Waals surface area contributed by atoms with Crippen molar-refractivity contribution in [2.24, 2.45) is 0 Å². The molecule has 0 bridgehead atoms. The summed E-state index contributed by atoms with van der Waals surface area (Å²) in [5, 5.41) is 20.0. The first-order valence-corrected chi connectivity index (χ1v) is 8.12. The molecule has 1 aromatic carbocycles. The Bertz CT molecular complexity index is 532. The Balaban J connectivity index is 2.10. The summed E-state index contributed by atoms with van der Waals surface area (Å²) in [5.41, 5.74) is 0.860. The first-order valence-electron chi connectivity index (χ1n) is 8.12. The molecule has 0 saturated heterocycles. The Labute approximate surface area is 137 Å². The van der Waals surface area contributed by atoms with Crippen LogP contribution in [-0.4, -0.2) is 32.2 Å². The maximum atomic E-state index is 11.0. The van der Waals surface area contributed by atoms with Crippen LogP contribution in [0.5, 0.6) is 5.75 Å². The lowest BCUT2D eigenvalue weighted by molar-refractivity contribution is -0.0109. The summed E-state index contributed by atoms with van der Waals surface area (Å²) in [5.74, 6) is 0.651. The standard InChI is InChI=1S/C18H25NO4/c1-21-11-12-22-14-23-16-6-5-15(7-10-19)17(13-16)18(20)8-3-2-4-9-18/h5-6,13,20H,2-4,7-9,11-12,14H2,1H3. The molecular weight excluding hydrogens is 294 g/mol. The number of ether oxygens (including phenoxy) is 3. The first kappa shape index (κ1) is 17.7. The topological polar surface area (TPSA) is 71.7 Å². The zero-order valence-electron chi connectivity index (χ0n) is 13.7. The summed E-state index contributed by atoms with van der Waals surface area (Å²) in [6, 6.07) is 7.73. The van der Waals surface area contributed by atoms with Gasteiger partial charge >= 0.3 is 0 Å². The van der Waals surface area contributed by atoms with Crippen LogP contribution in [0.15, 0.2) is 18.2 Å². The number of benzene rings is 1. The summed E-state index contributed by atoms with van der Waals surface area (Å²) < 4.78 is 15.8. The Morgan fingerprint density at radius 3 is 2.70 bits per heavy atom. The zero-order chi connectivity index (χ0) is 16.5. The molecule has 0 atom stereocenters. The second-order valence-electron chi connectivity index (χ2n) is 5.91. The molecule has 0 aromatic heterocycles.